The third kappa shape index (κ3) is 6.54. The number of hydrogen-bond donors (Lipinski definition) is 3. The van der Waals surface area contributed by atoms with Gasteiger partial charge in [0.05, 0.1) is 0 Å². The smallest absolute Gasteiger partial charge is 0.332 e. The van der Waals surface area contributed by atoms with E-state index < -0.39 is 0 Å². The van der Waals surface area contributed by atoms with Crippen LogP contribution in [0.4, 0.5) is 0 Å². The van der Waals surface area contributed by atoms with Crippen molar-refractivity contribution >= 4 is 17.1 Å². The normalized spacial score (nSPS) is 13.5. The summed E-state index contributed by atoms with van der Waals surface area (Å²) in [5.74, 6) is 0.681. The second-order valence-corrected chi connectivity index (χ2v) is 9.50. The van der Waals surface area contributed by atoms with E-state index in [-0.39, 0.29) is 17.2 Å². The van der Waals surface area contributed by atoms with Crippen LogP contribution in [0.15, 0.2) is 63.3 Å². The van der Waals surface area contributed by atoms with Crippen LogP contribution in [-0.4, -0.2) is 31.6 Å². The third-order valence-corrected chi connectivity index (χ3v) is 6.62. The number of fused-ring (bicyclic) bond motifs is 1. The number of H-pyrrole nitrogens is 1. The standard InChI is InChI=1S/C28H36N6O3/c1-2-17-34-27(36)25-26(32-23(31-25)19-21-8-4-3-5-9-21)33(28(34)37)18-15-20-11-13-22(14-12-20)30-24(35)10-6-7-16-29/h3-5,8-9,11,13H,2,6-7,10,12,14-19,29H2,1H3,(H,30,35)(H,31,32). The molecule has 9 nitrogen and oxygen atoms in total. The largest absolute Gasteiger partial charge is 0.336 e. The molecule has 9 heteroatoms. The van der Waals surface area contributed by atoms with Gasteiger partial charge in [-0.25, -0.2) is 9.78 Å². The van der Waals surface area contributed by atoms with Gasteiger partial charge in [-0.15, -0.1) is 0 Å². The van der Waals surface area contributed by atoms with Crippen molar-refractivity contribution in [2.75, 3.05) is 6.54 Å². The lowest BCUT2D eigenvalue weighted by atomic mass is 9.99. The first-order valence-corrected chi connectivity index (χ1v) is 13.1. The van der Waals surface area contributed by atoms with Crippen molar-refractivity contribution in [2.45, 2.75) is 71.4 Å². The highest BCUT2D eigenvalue weighted by atomic mass is 16.2. The van der Waals surface area contributed by atoms with E-state index in [4.69, 9.17) is 5.73 Å². The maximum atomic E-state index is 13.3. The molecule has 2 heterocycles. The van der Waals surface area contributed by atoms with E-state index in [2.05, 4.69) is 15.3 Å². The highest BCUT2D eigenvalue weighted by Crippen LogP contribution is 2.21. The number of rotatable bonds is 12. The van der Waals surface area contributed by atoms with Gasteiger partial charge in [-0.2, -0.15) is 0 Å². The Morgan fingerprint density at radius 1 is 1.08 bits per heavy atom. The van der Waals surface area contributed by atoms with Gasteiger partial charge >= 0.3 is 5.69 Å². The summed E-state index contributed by atoms with van der Waals surface area (Å²) in [4.78, 5) is 46.3. The molecule has 1 aliphatic carbocycles. The topological polar surface area (TPSA) is 128 Å². The molecule has 0 saturated heterocycles. The van der Waals surface area contributed by atoms with Crippen LogP contribution in [0, 0.1) is 0 Å². The Morgan fingerprint density at radius 3 is 2.59 bits per heavy atom. The van der Waals surface area contributed by atoms with Gasteiger partial charge in [0, 0.05) is 31.6 Å². The Kier molecular flexibility index (Phi) is 8.90. The molecule has 4 N–H and O–H groups in total. The number of nitrogens with zero attached hydrogens (tertiary/aromatic N) is 3. The molecule has 0 radical (unpaired) electrons. The van der Waals surface area contributed by atoms with Gasteiger partial charge in [-0.1, -0.05) is 48.9 Å². The average Bonchev–Trinajstić information content (AvgIpc) is 3.32. The first kappa shape index (κ1) is 26.3. The van der Waals surface area contributed by atoms with Crippen molar-refractivity contribution in [1.29, 1.82) is 0 Å². The third-order valence-electron chi connectivity index (χ3n) is 6.62. The Morgan fingerprint density at radius 2 is 1.89 bits per heavy atom. The van der Waals surface area contributed by atoms with Gasteiger partial charge in [-0.05, 0) is 56.7 Å². The number of carbonyl (C=O) groups excluding carboxylic acids is 1. The van der Waals surface area contributed by atoms with E-state index in [1.54, 1.807) is 4.57 Å². The number of aryl methyl sites for hydroxylation is 1. The summed E-state index contributed by atoms with van der Waals surface area (Å²) in [7, 11) is 0. The fraction of sp³-hybridized carbons (Fsp3) is 0.429. The maximum Gasteiger partial charge on any atom is 0.332 e. The van der Waals surface area contributed by atoms with E-state index in [0.717, 1.165) is 36.9 Å². The van der Waals surface area contributed by atoms with Gasteiger partial charge in [-0.3, -0.25) is 18.7 Å². The summed E-state index contributed by atoms with van der Waals surface area (Å²) in [6, 6.07) is 9.91. The van der Waals surface area contributed by atoms with Gasteiger partial charge in [0.25, 0.3) is 5.56 Å². The molecule has 1 amide bonds. The molecule has 1 aromatic carbocycles. The van der Waals surface area contributed by atoms with Crippen molar-refractivity contribution in [3.05, 3.63) is 86.0 Å². The number of carbonyl (C=O) groups is 1. The number of nitrogens with one attached hydrogen (secondary N) is 2. The molecule has 196 valence electrons. The molecule has 0 saturated carbocycles. The Labute approximate surface area is 216 Å². The summed E-state index contributed by atoms with van der Waals surface area (Å²) in [6.45, 7) is 3.33. The second kappa shape index (κ2) is 12.5. The summed E-state index contributed by atoms with van der Waals surface area (Å²) in [5, 5.41) is 2.99. The number of hydrogen-bond acceptors (Lipinski definition) is 5. The molecular formula is C28H36N6O3. The average molecular weight is 505 g/mol. The van der Waals surface area contributed by atoms with Gasteiger partial charge < -0.3 is 16.0 Å². The molecule has 2 aromatic heterocycles. The van der Waals surface area contributed by atoms with E-state index in [1.807, 2.05) is 49.4 Å². The fourth-order valence-corrected chi connectivity index (χ4v) is 4.63. The van der Waals surface area contributed by atoms with Crippen LogP contribution in [-0.2, 0) is 24.3 Å². The number of nitrogens with two attached hydrogens (primary N) is 1. The quantitative estimate of drug-likeness (QED) is 0.327. The van der Waals surface area contributed by atoms with Gasteiger partial charge in [0.2, 0.25) is 5.91 Å². The first-order valence-electron chi connectivity index (χ1n) is 13.1. The minimum absolute atomic E-state index is 0.0218. The zero-order valence-corrected chi connectivity index (χ0v) is 21.5. The number of benzene rings is 1. The Balaban J connectivity index is 1.53. The van der Waals surface area contributed by atoms with E-state index in [1.165, 1.54) is 10.1 Å². The molecule has 4 rings (SSSR count). The molecule has 0 aliphatic heterocycles. The van der Waals surface area contributed by atoms with Crippen molar-refractivity contribution < 1.29 is 4.79 Å². The highest BCUT2D eigenvalue weighted by molar-refractivity contribution is 5.77. The number of amides is 1. The molecule has 0 fully saturated rings. The lowest BCUT2D eigenvalue weighted by Gasteiger charge is -2.17. The van der Waals surface area contributed by atoms with Crippen LogP contribution < -0.4 is 22.3 Å². The summed E-state index contributed by atoms with van der Waals surface area (Å²) < 4.78 is 2.93. The molecular weight excluding hydrogens is 468 g/mol. The van der Waals surface area contributed by atoms with Gasteiger partial charge in [0.15, 0.2) is 5.65 Å². The zero-order chi connectivity index (χ0) is 26.2. The highest BCUT2D eigenvalue weighted by Gasteiger charge is 2.18. The predicted molar refractivity (Wildman–Crippen MR) is 145 cm³/mol. The summed E-state index contributed by atoms with van der Waals surface area (Å²) in [5.41, 5.74) is 8.80. The van der Waals surface area contributed by atoms with Crippen LogP contribution in [0.2, 0.25) is 0 Å². The van der Waals surface area contributed by atoms with Crippen LogP contribution in [0.3, 0.4) is 0 Å². The predicted octanol–water partition coefficient (Wildman–Crippen LogP) is 3.13. The minimum atomic E-state index is -0.325. The van der Waals surface area contributed by atoms with Crippen LogP contribution >= 0.6 is 0 Å². The monoisotopic (exact) mass is 504 g/mol. The molecule has 0 spiro atoms. The lowest BCUT2D eigenvalue weighted by molar-refractivity contribution is -0.120. The van der Waals surface area contributed by atoms with E-state index in [9.17, 15) is 14.4 Å². The molecule has 37 heavy (non-hydrogen) atoms. The van der Waals surface area contributed by atoms with Crippen LogP contribution in [0.5, 0.6) is 0 Å². The minimum Gasteiger partial charge on any atom is -0.336 e. The molecule has 1 aliphatic rings. The SMILES string of the molecule is CCCn1c(=O)c2[nH]c(Cc3ccccc3)nc2n(CCC2=CC=C(NC(=O)CCCCN)CC2)c1=O. The van der Waals surface area contributed by atoms with Gasteiger partial charge in [0.1, 0.15) is 11.3 Å². The van der Waals surface area contributed by atoms with Crippen molar-refractivity contribution in [3.8, 4) is 0 Å². The summed E-state index contributed by atoms with van der Waals surface area (Å²) >= 11 is 0. The van der Waals surface area contributed by atoms with Crippen LogP contribution in [0.1, 0.15) is 63.3 Å². The van der Waals surface area contributed by atoms with Crippen LogP contribution in [0.25, 0.3) is 11.2 Å². The zero-order valence-electron chi connectivity index (χ0n) is 21.5. The lowest BCUT2D eigenvalue weighted by Crippen LogP contribution is -2.40. The molecule has 0 unspecified atom stereocenters. The first-order chi connectivity index (χ1) is 18.0. The van der Waals surface area contributed by atoms with E-state index >= 15 is 0 Å². The number of imidazole rings is 1. The number of allylic oxidation sites excluding steroid dienone is 4. The number of aromatic amines is 1. The molecule has 0 bridgehead atoms. The van der Waals surface area contributed by atoms with Crippen molar-refractivity contribution in [3.63, 3.8) is 0 Å². The summed E-state index contributed by atoms with van der Waals surface area (Å²) in [6.07, 6.45) is 9.53. The van der Waals surface area contributed by atoms with E-state index in [0.29, 0.717) is 62.3 Å². The van der Waals surface area contributed by atoms with Crippen molar-refractivity contribution in [2.24, 2.45) is 5.73 Å². The number of unbranched alkanes of at least 4 members (excludes halogenated alkanes) is 1. The second-order valence-electron chi connectivity index (χ2n) is 9.50. The fourth-order valence-electron chi connectivity index (χ4n) is 4.63. The number of aromatic nitrogens is 4. The molecule has 3 aromatic rings. The molecule has 0 atom stereocenters. The van der Waals surface area contributed by atoms with Crippen molar-refractivity contribution in [1.82, 2.24) is 24.4 Å². The maximum absolute atomic E-state index is 13.3. The Bertz CT molecular complexity index is 1410. The Hall–Kier alpha value is -3.72.